The van der Waals surface area contributed by atoms with Gasteiger partial charge in [0.2, 0.25) is 0 Å². The molecule has 3 aromatic carbocycles. The van der Waals surface area contributed by atoms with Crippen molar-refractivity contribution in [3.63, 3.8) is 0 Å². The predicted octanol–water partition coefficient (Wildman–Crippen LogP) is 6.46. The number of hydrogen-bond donors (Lipinski definition) is 2. The Labute approximate surface area is 239 Å². The van der Waals surface area contributed by atoms with Crippen molar-refractivity contribution < 1.29 is 33.8 Å². The van der Waals surface area contributed by atoms with Gasteiger partial charge in [-0.2, -0.15) is 0 Å². The maximum Gasteiger partial charge on any atom is 0.335 e. The van der Waals surface area contributed by atoms with Crippen LogP contribution in [0.1, 0.15) is 37.6 Å². The summed E-state index contributed by atoms with van der Waals surface area (Å²) in [6, 6.07) is 21.8. The monoisotopic (exact) mass is 568 g/mol. The molecule has 9 nitrogen and oxygen atoms in total. The number of aliphatic imine (C=N–C) groups is 1. The average Bonchev–Trinajstić information content (AvgIpc) is 3.54. The van der Waals surface area contributed by atoms with Gasteiger partial charge in [-0.3, -0.25) is 9.69 Å². The molecule has 1 aliphatic heterocycles. The van der Waals surface area contributed by atoms with E-state index in [0.29, 0.717) is 33.0 Å². The summed E-state index contributed by atoms with van der Waals surface area (Å²) in [5, 5.41) is 18.9. The highest BCUT2D eigenvalue weighted by molar-refractivity contribution is 8.18. The summed E-state index contributed by atoms with van der Waals surface area (Å²) in [5.41, 5.74) is 3.22. The van der Waals surface area contributed by atoms with Crippen molar-refractivity contribution in [2.45, 2.75) is 13.5 Å². The van der Waals surface area contributed by atoms with Crippen molar-refractivity contribution in [3.05, 3.63) is 112 Å². The minimum Gasteiger partial charge on any atom is -0.497 e. The van der Waals surface area contributed by atoms with E-state index < -0.39 is 11.9 Å². The number of hydrogen-bond acceptors (Lipinski definition) is 7. The highest BCUT2D eigenvalue weighted by Gasteiger charge is 2.34. The molecule has 10 heteroatoms. The minimum atomic E-state index is -1.03. The number of thioether (sulfide) groups is 1. The molecule has 0 aliphatic carbocycles. The second-order valence-corrected chi connectivity index (χ2v) is 10.1. The second kappa shape index (κ2) is 11.6. The van der Waals surface area contributed by atoms with E-state index in [1.165, 1.54) is 34.9 Å². The highest BCUT2D eigenvalue weighted by Crippen LogP contribution is 2.36. The van der Waals surface area contributed by atoms with Crippen LogP contribution >= 0.6 is 11.8 Å². The van der Waals surface area contributed by atoms with Crippen LogP contribution in [0.4, 0.5) is 5.69 Å². The van der Waals surface area contributed by atoms with Crippen molar-refractivity contribution in [1.29, 1.82) is 0 Å². The van der Waals surface area contributed by atoms with E-state index >= 15 is 0 Å². The number of methoxy groups -OCH3 is 1. The zero-order valence-corrected chi connectivity index (χ0v) is 22.8. The van der Waals surface area contributed by atoms with Crippen LogP contribution in [0.2, 0.25) is 0 Å². The van der Waals surface area contributed by atoms with Crippen LogP contribution in [0.5, 0.6) is 5.75 Å². The molecule has 41 heavy (non-hydrogen) atoms. The topological polar surface area (TPSA) is 130 Å². The van der Waals surface area contributed by atoms with Gasteiger partial charge in [0.1, 0.15) is 17.3 Å². The van der Waals surface area contributed by atoms with Gasteiger partial charge < -0.3 is 19.4 Å². The molecule has 0 atom stereocenters. The third kappa shape index (κ3) is 6.07. The number of rotatable bonds is 8. The Balaban J connectivity index is 1.45. The molecule has 1 aliphatic rings. The van der Waals surface area contributed by atoms with Gasteiger partial charge in [0, 0.05) is 11.6 Å². The van der Waals surface area contributed by atoms with Gasteiger partial charge in [0.25, 0.3) is 5.91 Å². The van der Waals surface area contributed by atoms with Gasteiger partial charge in [-0.05, 0) is 90.5 Å². The summed E-state index contributed by atoms with van der Waals surface area (Å²) in [6.45, 7) is 2.00. The summed E-state index contributed by atoms with van der Waals surface area (Å²) in [6.07, 6.45) is 1.65. The Morgan fingerprint density at radius 3 is 2.27 bits per heavy atom. The molecule has 1 aromatic heterocycles. The standard InChI is InChI=1S/C31H24N2O7S/c1-18-15-21(30(37)38)7-13-25(18)26-14-12-24(40-26)16-27-28(34)33(17-19-3-5-20(6-4-19)29(35)36)31(41-27)32-22-8-10-23(39-2)11-9-22/h3-16H,17H2,1-2H3,(H,35,36)(H,37,38)/b27-16-,32-31?. The lowest BCUT2D eigenvalue weighted by Gasteiger charge is -2.16. The van der Waals surface area contributed by atoms with E-state index in [-0.39, 0.29) is 23.6 Å². The number of benzene rings is 3. The Morgan fingerprint density at radius 1 is 0.951 bits per heavy atom. The number of amides is 1. The second-order valence-electron chi connectivity index (χ2n) is 9.13. The van der Waals surface area contributed by atoms with Crippen LogP contribution in [-0.4, -0.2) is 45.2 Å². The number of carbonyl (C=O) groups excluding carboxylic acids is 1. The van der Waals surface area contributed by atoms with Crippen molar-refractivity contribution >= 4 is 46.5 Å². The Hall–Kier alpha value is -5.09. The van der Waals surface area contributed by atoms with Crippen molar-refractivity contribution in [3.8, 4) is 17.1 Å². The summed E-state index contributed by atoms with van der Waals surface area (Å²) in [5.74, 6) is -0.623. The maximum absolute atomic E-state index is 13.6. The molecule has 206 valence electrons. The van der Waals surface area contributed by atoms with Gasteiger partial charge in [-0.1, -0.05) is 18.2 Å². The zero-order valence-electron chi connectivity index (χ0n) is 22.0. The van der Waals surface area contributed by atoms with Gasteiger partial charge in [0.15, 0.2) is 5.17 Å². The molecule has 0 unspecified atom stereocenters. The Kier molecular flexibility index (Phi) is 7.75. The fourth-order valence-electron chi connectivity index (χ4n) is 4.21. The molecule has 2 heterocycles. The highest BCUT2D eigenvalue weighted by atomic mass is 32.2. The maximum atomic E-state index is 13.6. The first-order valence-electron chi connectivity index (χ1n) is 12.4. The molecule has 4 aromatic rings. The SMILES string of the molecule is COc1ccc(N=C2S/C(=C\c3ccc(-c4ccc(C(=O)O)cc4C)o3)C(=O)N2Cc2ccc(C(=O)O)cc2)cc1. The largest absolute Gasteiger partial charge is 0.497 e. The summed E-state index contributed by atoms with van der Waals surface area (Å²) in [7, 11) is 1.58. The van der Waals surface area contributed by atoms with Gasteiger partial charge in [-0.15, -0.1) is 0 Å². The van der Waals surface area contributed by atoms with Crippen LogP contribution in [0.15, 0.2) is 93.2 Å². The molecular weight excluding hydrogens is 544 g/mol. The molecule has 1 saturated heterocycles. The number of aromatic carboxylic acids is 2. The number of amidine groups is 1. The van der Waals surface area contributed by atoms with E-state index in [9.17, 15) is 24.6 Å². The molecule has 0 radical (unpaired) electrons. The summed E-state index contributed by atoms with van der Waals surface area (Å²) in [4.78, 5) is 42.7. The number of carboxylic acid groups (broad SMARTS) is 2. The quantitative estimate of drug-likeness (QED) is 0.232. The third-order valence-electron chi connectivity index (χ3n) is 6.37. The minimum absolute atomic E-state index is 0.157. The first kappa shape index (κ1) is 27.5. The first-order chi connectivity index (χ1) is 19.7. The van der Waals surface area contributed by atoms with Gasteiger partial charge in [0.05, 0.1) is 35.4 Å². The molecule has 1 amide bonds. The Morgan fingerprint density at radius 2 is 1.63 bits per heavy atom. The average molecular weight is 569 g/mol. The first-order valence-corrected chi connectivity index (χ1v) is 13.2. The fraction of sp³-hybridized carbons (Fsp3) is 0.0968. The number of carboxylic acids is 2. The van der Waals surface area contributed by atoms with E-state index in [1.807, 2.05) is 6.92 Å². The van der Waals surface area contributed by atoms with Gasteiger partial charge >= 0.3 is 11.9 Å². The van der Waals surface area contributed by atoms with E-state index in [1.54, 1.807) is 73.8 Å². The molecule has 5 rings (SSSR count). The molecule has 0 spiro atoms. The summed E-state index contributed by atoms with van der Waals surface area (Å²) < 4.78 is 11.2. The van der Waals surface area contributed by atoms with Crippen molar-refractivity contribution in [1.82, 2.24) is 4.90 Å². The van der Waals surface area contributed by atoms with E-state index in [0.717, 1.165) is 16.7 Å². The number of nitrogens with zero attached hydrogens (tertiary/aromatic N) is 2. The summed E-state index contributed by atoms with van der Waals surface area (Å²) >= 11 is 1.20. The molecule has 0 bridgehead atoms. The molecule has 1 fully saturated rings. The van der Waals surface area contributed by atoms with Crippen molar-refractivity contribution in [2.75, 3.05) is 7.11 Å². The zero-order chi connectivity index (χ0) is 29.1. The van der Waals surface area contributed by atoms with Crippen LogP contribution < -0.4 is 4.74 Å². The smallest absolute Gasteiger partial charge is 0.335 e. The fourth-order valence-corrected chi connectivity index (χ4v) is 5.19. The van der Waals surface area contributed by atoms with E-state index in [2.05, 4.69) is 0 Å². The number of ether oxygens (including phenoxy) is 1. The van der Waals surface area contributed by atoms with E-state index in [4.69, 9.17) is 14.1 Å². The van der Waals surface area contributed by atoms with Crippen LogP contribution in [0, 0.1) is 6.92 Å². The number of furan rings is 1. The predicted molar refractivity (Wildman–Crippen MR) is 155 cm³/mol. The lowest BCUT2D eigenvalue weighted by atomic mass is 10.0. The lowest BCUT2D eigenvalue weighted by molar-refractivity contribution is -0.122. The molecule has 2 N–H and O–H groups in total. The number of carbonyl (C=O) groups is 3. The lowest BCUT2D eigenvalue weighted by Crippen LogP contribution is -2.28. The third-order valence-corrected chi connectivity index (χ3v) is 7.37. The molecular formula is C31H24N2O7S. The van der Waals surface area contributed by atoms with Crippen LogP contribution in [0.3, 0.4) is 0 Å². The van der Waals surface area contributed by atoms with Crippen molar-refractivity contribution in [2.24, 2.45) is 4.99 Å². The van der Waals surface area contributed by atoms with Crippen LogP contribution in [0.25, 0.3) is 17.4 Å². The van der Waals surface area contributed by atoms with Crippen LogP contribution in [-0.2, 0) is 11.3 Å². The normalized spacial score (nSPS) is 15.1. The molecule has 0 saturated carbocycles. The Bertz CT molecular complexity index is 1700. The number of aryl methyl sites for hydroxylation is 1. The van der Waals surface area contributed by atoms with Gasteiger partial charge in [-0.25, -0.2) is 14.6 Å².